The van der Waals surface area contributed by atoms with E-state index < -0.39 is 12.1 Å². The van der Waals surface area contributed by atoms with Crippen LogP contribution in [0.1, 0.15) is 22.3 Å². The molecule has 0 saturated carbocycles. The molecule has 1 fully saturated rings. The average Bonchev–Trinajstić information content (AvgIpc) is 2.40. The van der Waals surface area contributed by atoms with Gasteiger partial charge in [0.15, 0.2) is 0 Å². The van der Waals surface area contributed by atoms with Crippen LogP contribution >= 0.6 is 0 Å². The number of carbonyl (C=O) groups is 2. The van der Waals surface area contributed by atoms with E-state index in [2.05, 4.69) is 0 Å². The number of aryl methyl sites for hydroxylation is 1. The van der Waals surface area contributed by atoms with Gasteiger partial charge in [-0.15, -0.1) is 0 Å². The number of aromatic hydroxyl groups is 1. The fourth-order valence-corrected chi connectivity index (χ4v) is 2.23. The Balaban J connectivity index is 2.12. The number of aliphatic carboxylic acids is 1. The molecule has 0 aromatic heterocycles. The van der Waals surface area contributed by atoms with E-state index in [1.165, 1.54) is 12.1 Å². The fourth-order valence-electron chi connectivity index (χ4n) is 2.23. The molecule has 0 aliphatic carbocycles. The number of benzene rings is 1. The summed E-state index contributed by atoms with van der Waals surface area (Å²) in [5, 5.41) is 18.3. The third kappa shape index (κ3) is 3.27. The Hall–Kier alpha value is -2.08. The van der Waals surface area contributed by atoms with E-state index in [1.54, 1.807) is 17.9 Å². The van der Waals surface area contributed by atoms with Gasteiger partial charge in [-0.05, 0) is 24.6 Å². The van der Waals surface area contributed by atoms with Crippen LogP contribution in [-0.2, 0) is 9.53 Å². The summed E-state index contributed by atoms with van der Waals surface area (Å²) in [6.07, 6.45) is -0.606. The smallest absolute Gasteiger partial charge is 0.306 e. The normalized spacial score (nSPS) is 18.9. The average molecular weight is 279 g/mol. The third-order valence-electron chi connectivity index (χ3n) is 3.28. The Morgan fingerprint density at radius 2 is 2.20 bits per heavy atom. The van der Waals surface area contributed by atoms with Crippen molar-refractivity contribution in [2.45, 2.75) is 19.4 Å². The molecule has 0 spiro atoms. The van der Waals surface area contributed by atoms with Gasteiger partial charge in [0.1, 0.15) is 5.75 Å². The molecule has 1 aliphatic rings. The van der Waals surface area contributed by atoms with Gasteiger partial charge in [-0.25, -0.2) is 0 Å². The standard InChI is InChI=1S/C14H17NO5/c1-9-2-3-10(16)6-12(9)14(19)15-4-5-20-11(8-15)7-13(17)18/h2-3,6,11,16H,4-5,7-8H2,1H3,(H,17,18). The number of carbonyl (C=O) groups excluding carboxylic acids is 1. The van der Waals surface area contributed by atoms with Crippen molar-refractivity contribution in [2.75, 3.05) is 19.7 Å². The molecule has 108 valence electrons. The maximum absolute atomic E-state index is 12.4. The highest BCUT2D eigenvalue weighted by atomic mass is 16.5. The van der Waals surface area contributed by atoms with Crippen LogP contribution in [0.4, 0.5) is 0 Å². The second-order valence-electron chi connectivity index (χ2n) is 4.84. The summed E-state index contributed by atoms with van der Waals surface area (Å²) in [7, 11) is 0. The number of hydrogen-bond donors (Lipinski definition) is 2. The maximum atomic E-state index is 12.4. The van der Waals surface area contributed by atoms with Gasteiger partial charge in [0.2, 0.25) is 0 Å². The lowest BCUT2D eigenvalue weighted by Gasteiger charge is -2.32. The molecule has 6 heteroatoms. The van der Waals surface area contributed by atoms with Crippen molar-refractivity contribution < 1.29 is 24.5 Å². The number of amides is 1. The predicted octanol–water partition coefficient (Wildman–Crippen LogP) is 1.02. The van der Waals surface area contributed by atoms with E-state index in [1.807, 2.05) is 0 Å². The molecule has 1 saturated heterocycles. The van der Waals surface area contributed by atoms with Gasteiger partial charge in [0, 0.05) is 18.7 Å². The highest BCUT2D eigenvalue weighted by molar-refractivity contribution is 5.96. The number of ether oxygens (including phenoxy) is 1. The predicted molar refractivity (Wildman–Crippen MR) is 70.7 cm³/mol. The first kappa shape index (κ1) is 14.3. The zero-order valence-electron chi connectivity index (χ0n) is 11.2. The molecule has 1 aromatic carbocycles. The van der Waals surface area contributed by atoms with Crippen LogP contribution < -0.4 is 0 Å². The quantitative estimate of drug-likeness (QED) is 0.862. The molecular weight excluding hydrogens is 262 g/mol. The van der Waals surface area contributed by atoms with E-state index in [0.29, 0.717) is 18.7 Å². The zero-order chi connectivity index (χ0) is 14.7. The number of hydrogen-bond acceptors (Lipinski definition) is 4. The van der Waals surface area contributed by atoms with E-state index in [4.69, 9.17) is 9.84 Å². The molecule has 1 aromatic rings. The van der Waals surface area contributed by atoms with Crippen molar-refractivity contribution in [3.8, 4) is 5.75 Å². The van der Waals surface area contributed by atoms with Gasteiger partial charge in [-0.1, -0.05) is 6.07 Å². The van der Waals surface area contributed by atoms with Crippen LogP contribution in [0.25, 0.3) is 0 Å². The highest BCUT2D eigenvalue weighted by Gasteiger charge is 2.27. The zero-order valence-corrected chi connectivity index (χ0v) is 11.2. The van der Waals surface area contributed by atoms with Gasteiger partial charge < -0.3 is 19.8 Å². The Kier molecular flexibility index (Phi) is 4.24. The molecule has 6 nitrogen and oxygen atoms in total. The van der Waals surface area contributed by atoms with E-state index in [0.717, 1.165) is 5.56 Å². The van der Waals surface area contributed by atoms with Crippen molar-refractivity contribution in [2.24, 2.45) is 0 Å². The van der Waals surface area contributed by atoms with Crippen LogP contribution in [0, 0.1) is 6.92 Å². The Morgan fingerprint density at radius 1 is 1.45 bits per heavy atom. The molecule has 1 atom stereocenters. The summed E-state index contributed by atoms with van der Waals surface area (Å²) in [6.45, 7) is 2.79. The first-order chi connectivity index (χ1) is 9.47. The van der Waals surface area contributed by atoms with Gasteiger partial charge >= 0.3 is 5.97 Å². The van der Waals surface area contributed by atoms with Crippen molar-refractivity contribution in [1.82, 2.24) is 4.90 Å². The molecular formula is C14H17NO5. The molecule has 0 bridgehead atoms. The van der Waals surface area contributed by atoms with Crippen LogP contribution in [-0.4, -0.2) is 52.8 Å². The van der Waals surface area contributed by atoms with Gasteiger partial charge in [0.25, 0.3) is 5.91 Å². The van der Waals surface area contributed by atoms with E-state index >= 15 is 0 Å². The fraction of sp³-hybridized carbons (Fsp3) is 0.429. The molecule has 20 heavy (non-hydrogen) atoms. The number of carboxylic acid groups (broad SMARTS) is 1. The van der Waals surface area contributed by atoms with Crippen LogP contribution in [0.15, 0.2) is 18.2 Å². The third-order valence-corrected chi connectivity index (χ3v) is 3.28. The number of nitrogens with zero attached hydrogens (tertiary/aromatic N) is 1. The van der Waals surface area contributed by atoms with Crippen LogP contribution in [0.5, 0.6) is 5.75 Å². The number of phenols is 1. The number of carboxylic acids is 1. The topological polar surface area (TPSA) is 87.1 Å². The largest absolute Gasteiger partial charge is 0.508 e. The lowest BCUT2D eigenvalue weighted by molar-refractivity contribution is -0.141. The summed E-state index contributed by atoms with van der Waals surface area (Å²) in [4.78, 5) is 24.7. The maximum Gasteiger partial charge on any atom is 0.306 e. The number of phenolic OH excluding ortho intramolecular Hbond substituents is 1. The summed E-state index contributed by atoms with van der Waals surface area (Å²) < 4.78 is 5.33. The monoisotopic (exact) mass is 279 g/mol. The number of rotatable bonds is 3. The SMILES string of the molecule is Cc1ccc(O)cc1C(=O)N1CCOC(CC(=O)O)C1. The minimum Gasteiger partial charge on any atom is -0.508 e. The van der Waals surface area contributed by atoms with Crippen molar-refractivity contribution in [3.63, 3.8) is 0 Å². The minimum atomic E-state index is -0.946. The minimum absolute atomic E-state index is 0.0364. The first-order valence-electron chi connectivity index (χ1n) is 6.39. The molecule has 1 heterocycles. The van der Waals surface area contributed by atoms with Gasteiger partial charge in [-0.2, -0.15) is 0 Å². The molecule has 1 unspecified atom stereocenters. The molecule has 1 aliphatic heterocycles. The molecule has 1 amide bonds. The summed E-state index contributed by atoms with van der Waals surface area (Å²) in [5.74, 6) is -1.12. The highest BCUT2D eigenvalue weighted by Crippen LogP contribution is 2.19. The van der Waals surface area contributed by atoms with E-state index in [-0.39, 0.29) is 24.6 Å². The van der Waals surface area contributed by atoms with Crippen molar-refractivity contribution in [3.05, 3.63) is 29.3 Å². The van der Waals surface area contributed by atoms with Crippen LogP contribution in [0.3, 0.4) is 0 Å². The van der Waals surface area contributed by atoms with Gasteiger partial charge in [-0.3, -0.25) is 9.59 Å². The van der Waals surface area contributed by atoms with Gasteiger partial charge in [0.05, 0.1) is 19.1 Å². The summed E-state index contributed by atoms with van der Waals surface area (Å²) >= 11 is 0. The number of morpholine rings is 1. The second-order valence-corrected chi connectivity index (χ2v) is 4.84. The Labute approximate surface area is 116 Å². The Bertz CT molecular complexity index is 528. The summed E-state index contributed by atoms with van der Waals surface area (Å²) in [5.41, 5.74) is 1.20. The summed E-state index contributed by atoms with van der Waals surface area (Å²) in [6, 6.07) is 4.63. The lowest BCUT2D eigenvalue weighted by Crippen LogP contribution is -2.46. The van der Waals surface area contributed by atoms with E-state index in [9.17, 15) is 14.7 Å². The molecule has 0 radical (unpaired) electrons. The van der Waals surface area contributed by atoms with Crippen molar-refractivity contribution >= 4 is 11.9 Å². The Morgan fingerprint density at radius 3 is 2.90 bits per heavy atom. The second kappa shape index (κ2) is 5.92. The van der Waals surface area contributed by atoms with Crippen LogP contribution in [0.2, 0.25) is 0 Å². The molecule has 2 rings (SSSR count). The van der Waals surface area contributed by atoms with Crippen molar-refractivity contribution in [1.29, 1.82) is 0 Å². The molecule has 2 N–H and O–H groups in total. The lowest BCUT2D eigenvalue weighted by atomic mass is 10.1. The first-order valence-corrected chi connectivity index (χ1v) is 6.39.